The van der Waals surface area contributed by atoms with E-state index in [1.165, 1.54) is 6.42 Å². The number of aliphatic imine (C=N–C) groups is 1. The smallest absolute Gasteiger partial charge is 0.191 e. The number of fused-ring (bicyclic) bond motifs is 1. The highest BCUT2D eigenvalue weighted by atomic mass is 127. The van der Waals surface area contributed by atoms with Crippen LogP contribution < -0.4 is 10.6 Å². The minimum atomic E-state index is 0. The molecule has 158 valence electrons. The number of nitrogens with one attached hydrogen (secondary N) is 2. The Morgan fingerprint density at radius 2 is 1.89 bits per heavy atom. The van der Waals surface area contributed by atoms with Gasteiger partial charge in [0.2, 0.25) is 0 Å². The van der Waals surface area contributed by atoms with Crippen LogP contribution in [0.1, 0.15) is 60.8 Å². The van der Waals surface area contributed by atoms with Gasteiger partial charge in [-0.3, -0.25) is 4.99 Å². The number of hydrogen-bond donors (Lipinski definition) is 2. The quantitative estimate of drug-likeness (QED) is 0.355. The normalized spacial score (nSPS) is 35.6. The predicted octanol–water partition coefficient (Wildman–Crippen LogP) is 3.81. The molecule has 2 heterocycles. The minimum absolute atomic E-state index is 0. The van der Waals surface area contributed by atoms with Crippen LogP contribution in [0.2, 0.25) is 0 Å². The molecule has 2 saturated heterocycles. The molecule has 0 radical (unpaired) electrons. The summed E-state index contributed by atoms with van der Waals surface area (Å²) < 4.78 is 12.1. The first-order valence-corrected chi connectivity index (χ1v) is 10.5. The molecule has 5 nitrogen and oxygen atoms in total. The van der Waals surface area contributed by atoms with Gasteiger partial charge in [-0.05, 0) is 31.6 Å². The van der Waals surface area contributed by atoms with Gasteiger partial charge in [-0.15, -0.1) is 24.0 Å². The zero-order valence-corrected chi connectivity index (χ0v) is 20.3. The van der Waals surface area contributed by atoms with Gasteiger partial charge < -0.3 is 20.1 Å². The summed E-state index contributed by atoms with van der Waals surface area (Å²) in [6.07, 6.45) is 4.20. The van der Waals surface area contributed by atoms with E-state index in [0.29, 0.717) is 24.0 Å². The molecule has 3 rings (SSSR count). The van der Waals surface area contributed by atoms with Crippen LogP contribution in [0, 0.1) is 22.7 Å². The lowest BCUT2D eigenvalue weighted by Crippen LogP contribution is -2.68. The largest absolute Gasteiger partial charge is 0.377 e. The predicted molar refractivity (Wildman–Crippen MR) is 122 cm³/mol. The zero-order valence-electron chi connectivity index (χ0n) is 18.0. The van der Waals surface area contributed by atoms with Gasteiger partial charge in [0.05, 0.1) is 12.2 Å². The van der Waals surface area contributed by atoms with Gasteiger partial charge >= 0.3 is 0 Å². The molecule has 3 fully saturated rings. The Bertz CT molecular complexity index is 518. The van der Waals surface area contributed by atoms with Crippen LogP contribution in [0.5, 0.6) is 0 Å². The first kappa shape index (κ1) is 23.2. The van der Waals surface area contributed by atoms with E-state index in [2.05, 4.69) is 52.2 Å². The van der Waals surface area contributed by atoms with Crippen molar-refractivity contribution < 1.29 is 9.47 Å². The number of nitrogens with zero attached hydrogens (tertiary/aromatic N) is 1. The van der Waals surface area contributed by atoms with Gasteiger partial charge in [0.1, 0.15) is 0 Å². The lowest BCUT2D eigenvalue weighted by molar-refractivity contribution is -0.106. The van der Waals surface area contributed by atoms with Crippen molar-refractivity contribution in [3.05, 3.63) is 0 Å². The van der Waals surface area contributed by atoms with E-state index in [0.717, 1.165) is 45.1 Å². The van der Waals surface area contributed by atoms with E-state index >= 15 is 0 Å². The second-order valence-corrected chi connectivity index (χ2v) is 9.97. The Kier molecular flexibility index (Phi) is 7.87. The van der Waals surface area contributed by atoms with Crippen LogP contribution in [0.25, 0.3) is 0 Å². The van der Waals surface area contributed by atoms with Crippen LogP contribution >= 0.6 is 24.0 Å². The van der Waals surface area contributed by atoms with E-state index in [9.17, 15) is 0 Å². The molecule has 5 atom stereocenters. The van der Waals surface area contributed by atoms with Crippen LogP contribution in [0.3, 0.4) is 0 Å². The van der Waals surface area contributed by atoms with Gasteiger partial charge in [0.15, 0.2) is 5.96 Å². The third-order valence-electron chi connectivity index (χ3n) is 6.52. The Morgan fingerprint density at radius 1 is 1.15 bits per heavy atom. The molecule has 5 unspecified atom stereocenters. The van der Waals surface area contributed by atoms with E-state index in [4.69, 9.17) is 14.5 Å². The highest BCUT2D eigenvalue weighted by Crippen LogP contribution is 2.52. The zero-order chi connectivity index (χ0) is 18.9. The van der Waals surface area contributed by atoms with Crippen LogP contribution in [-0.2, 0) is 9.47 Å². The maximum Gasteiger partial charge on any atom is 0.191 e. The molecule has 0 aromatic carbocycles. The second kappa shape index (κ2) is 9.16. The fraction of sp³-hybridized carbons (Fsp3) is 0.952. The summed E-state index contributed by atoms with van der Waals surface area (Å²) in [5, 5.41) is 7.18. The first-order valence-electron chi connectivity index (χ1n) is 10.5. The number of ether oxygens (including phenoxy) is 2. The summed E-state index contributed by atoms with van der Waals surface area (Å²) in [5.41, 5.74) is 0.329. The monoisotopic (exact) mass is 493 g/mol. The van der Waals surface area contributed by atoms with Crippen molar-refractivity contribution in [2.75, 3.05) is 26.3 Å². The molecular weight excluding hydrogens is 453 g/mol. The van der Waals surface area contributed by atoms with Crippen LogP contribution in [0.4, 0.5) is 0 Å². The molecule has 1 saturated carbocycles. The summed E-state index contributed by atoms with van der Waals surface area (Å²) in [5.74, 6) is 2.07. The average molecular weight is 493 g/mol. The molecule has 0 bridgehead atoms. The number of guanidine groups is 1. The van der Waals surface area contributed by atoms with Crippen molar-refractivity contribution in [3.63, 3.8) is 0 Å². The van der Waals surface area contributed by atoms with Crippen molar-refractivity contribution >= 4 is 29.9 Å². The fourth-order valence-electron chi connectivity index (χ4n) is 5.28. The highest BCUT2D eigenvalue weighted by Gasteiger charge is 2.59. The Balaban J connectivity index is 0.00000261. The summed E-state index contributed by atoms with van der Waals surface area (Å²) in [6.45, 7) is 17.1. The molecule has 0 amide bonds. The molecule has 3 aliphatic rings. The van der Waals surface area contributed by atoms with Crippen molar-refractivity contribution in [1.29, 1.82) is 0 Å². The number of halogens is 1. The fourth-order valence-corrected chi connectivity index (χ4v) is 5.28. The van der Waals surface area contributed by atoms with Crippen molar-refractivity contribution in [1.82, 2.24) is 10.6 Å². The van der Waals surface area contributed by atoms with E-state index in [1.807, 2.05) is 0 Å². The van der Waals surface area contributed by atoms with Crippen LogP contribution in [0.15, 0.2) is 4.99 Å². The molecule has 2 aliphatic heterocycles. The molecule has 2 N–H and O–H groups in total. The number of hydrogen-bond acceptors (Lipinski definition) is 3. The standard InChI is InChI=1S/C21H39N3O2.HI/c1-7-22-19(24-16-15-10-12-26-18(15)21(16,5)6)23-13-14-9-8-11-25-17(14)20(2,3)4;/h14-18H,7-13H2,1-6H3,(H2,22,23,24);1H. The molecule has 0 aromatic heterocycles. The SMILES string of the molecule is CCNC(=NCC1CCCOC1C(C)(C)C)NC1C2CCOC2C1(C)C.I. The van der Waals surface area contributed by atoms with E-state index in [1.54, 1.807) is 0 Å². The molecule has 0 aromatic rings. The van der Waals surface area contributed by atoms with Gasteiger partial charge in [-0.25, -0.2) is 0 Å². The second-order valence-electron chi connectivity index (χ2n) is 9.97. The Labute approximate surface area is 182 Å². The maximum atomic E-state index is 6.12. The average Bonchev–Trinajstić information content (AvgIpc) is 3.04. The summed E-state index contributed by atoms with van der Waals surface area (Å²) in [6, 6.07) is 0.439. The third kappa shape index (κ3) is 4.92. The van der Waals surface area contributed by atoms with Gasteiger partial charge in [0, 0.05) is 49.6 Å². The summed E-state index contributed by atoms with van der Waals surface area (Å²) in [4.78, 5) is 4.98. The van der Waals surface area contributed by atoms with Crippen molar-refractivity contribution in [2.45, 2.75) is 79.1 Å². The lowest BCUT2D eigenvalue weighted by atomic mass is 9.57. The highest BCUT2D eigenvalue weighted by molar-refractivity contribution is 14.0. The van der Waals surface area contributed by atoms with Gasteiger partial charge in [0.25, 0.3) is 0 Å². The van der Waals surface area contributed by atoms with Crippen LogP contribution in [-0.4, -0.2) is 50.5 Å². The first-order chi connectivity index (χ1) is 12.2. The van der Waals surface area contributed by atoms with E-state index in [-0.39, 0.29) is 40.9 Å². The van der Waals surface area contributed by atoms with Crippen molar-refractivity contribution in [3.8, 4) is 0 Å². The Hall–Kier alpha value is -0.0800. The number of rotatable bonds is 4. The molecular formula is C21H40IN3O2. The van der Waals surface area contributed by atoms with E-state index < -0.39 is 0 Å². The molecule has 1 aliphatic carbocycles. The Morgan fingerprint density at radius 3 is 2.56 bits per heavy atom. The third-order valence-corrected chi connectivity index (χ3v) is 6.52. The molecule has 6 heteroatoms. The van der Waals surface area contributed by atoms with Crippen molar-refractivity contribution in [2.24, 2.45) is 27.7 Å². The summed E-state index contributed by atoms with van der Waals surface area (Å²) >= 11 is 0. The maximum absolute atomic E-state index is 6.12. The minimum Gasteiger partial charge on any atom is -0.377 e. The molecule has 27 heavy (non-hydrogen) atoms. The lowest BCUT2D eigenvalue weighted by Gasteiger charge is -2.55. The molecule has 0 spiro atoms. The van der Waals surface area contributed by atoms with Gasteiger partial charge in [-0.2, -0.15) is 0 Å². The van der Waals surface area contributed by atoms with Gasteiger partial charge in [-0.1, -0.05) is 34.6 Å². The topological polar surface area (TPSA) is 54.9 Å². The summed E-state index contributed by atoms with van der Waals surface area (Å²) in [7, 11) is 0.